The number of nitriles is 1. The van der Waals surface area contributed by atoms with Crippen molar-refractivity contribution in [1.29, 1.82) is 5.26 Å². The molecule has 0 heterocycles. The Balaban J connectivity index is 2.18. The van der Waals surface area contributed by atoms with Crippen LogP contribution >= 0.6 is 0 Å². The summed E-state index contributed by atoms with van der Waals surface area (Å²) in [6.45, 7) is 0. The van der Waals surface area contributed by atoms with Crippen LogP contribution in [-0.2, 0) is 4.79 Å². The fourth-order valence-corrected chi connectivity index (χ4v) is 2.46. The van der Waals surface area contributed by atoms with Gasteiger partial charge in [0.1, 0.15) is 6.04 Å². The maximum Gasteiger partial charge on any atom is 0.239 e. The molecule has 0 radical (unpaired) electrons. The van der Waals surface area contributed by atoms with E-state index >= 15 is 0 Å². The molecule has 1 aliphatic carbocycles. The van der Waals surface area contributed by atoms with E-state index in [9.17, 15) is 4.79 Å². The number of amides is 1. The second-order valence-electron chi connectivity index (χ2n) is 4.72. The highest BCUT2D eigenvalue weighted by molar-refractivity contribution is 5.81. The van der Waals surface area contributed by atoms with Crippen molar-refractivity contribution in [1.82, 2.24) is 5.32 Å². The molecule has 1 aliphatic rings. The lowest BCUT2D eigenvalue weighted by atomic mass is 10.0. The van der Waals surface area contributed by atoms with Gasteiger partial charge in [0.2, 0.25) is 5.91 Å². The summed E-state index contributed by atoms with van der Waals surface area (Å²) in [5.41, 5.74) is 6.77. The van der Waals surface area contributed by atoms with Crippen LogP contribution in [-0.4, -0.2) is 11.9 Å². The van der Waals surface area contributed by atoms with Crippen LogP contribution in [0, 0.1) is 11.3 Å². The van der Waals surface area contributed by atoms with E-state index in [1.807, 2.05) is 6.07 Å². The van der Waals surface area contributed by atoms with Crippen molar-refractivity contribution < 1.29 is 4.79 Å². The Hall–Kier alpha value is -1.86. The van der Waals surface area contributed by atoms with E-state index in [-0.39, 0.29) is 0 Å². The van der Waals surface area contributed by atoms with Crippen LogP contribution in [0.4, 0.5) is 0 Å². The van der Waals surface area contributed by atoms with Gasteiger partial charge in [0.05, 0.1) is 11.6 Å². The molecule has 0 bridgehead atoms. The Bertz CT molecular complexity index is 472. The number of primary amides is 1. The van der Waals surface area contributed by atoms with E-state index in [4.69, 9.17) is 11.0 Å². The van der Waals surface area contributed by atoms with Gasteiger partial charge in [0.15, 0.2) is 0 Å². The second kappa shape index (κ2) is 5.65. The summed E-state index contributed by atoms with van der Waals surface area (Å²) in [5, 5.41) is 12.2. The van der Waals surface area contributed by atoms with E-state index in [0.29, 0.717) is 11.6 Å². The van der Waals surface area contributed by atoms with Crippen molar-refractivity contribution >= 4 is 5.91 Å². The van der Waals surface area contributed by atoms with Crippen LogP contribution in [0.25, 0.3) is 0 Å². The summed E-state index contributed by atoms with van der Waals surface area (Å²) in [5.74, 6) is -0.392. The number of nitrogens with one attached hydrogen (secondary N) is 1. The minimum atomic E-state index is -0.499. The average Bonchev–Trinajstić information content (AvgIpc) is 2.88. The minimum Gasteiger partial charge on any atom is -0.368 e. The van der Waals surface area contributed by atoms with Crippen molar-refractivity contribution in [2.24, 2.45) is 5.73 Å². The first-order chi connectivity index (χ1) is 8.70. The highest BCUT2D eigenvalue weighted by Gasteiger charge is 2.23. The fourth-order valence-electron chi connectivity index (χ4n) is 2.46. The van der Waals surface area contributed by atoms with Gasteiger partial charge >= 0.3 is 0 Å². The molecule has 2 rings (SSSR count). The summed E-state index contributed by atoms with van der Waals surface area (Å²) >= 11 is 0. The normalized spacial score (nSPS) is 17.3. The van der Waals surface area contributed by atoms with E-state index in [2.05, 4.69) is 11.4 Å². The highest BCUT2D eigenvalue weighted by atomic mass is 16.1. The van der Waals surface area contributed by atoms with E-state index in [1.54, 1.807) is 18.2 Å². The van der Waals surface area contributed by atoms with Crippen LogP contribution < -0.4 is 11.1 Å². The molecule has 0 aliphatic heterocycles. The third kappa shape index (κ3) is 2.88. The Morgan fingerprint density at radius 2 is 2.17 bits per heavy atom. The molecule has 94 valence electrons. The predicted octanol–water partition coefficient (Wildman–Crippen LogP) is 1.62. The summed E-state index contributed by atoms with van der Waals surface area (Å²) in [7, 11) is 0. The maximum absolute atomic E-state index is 11.6. The van der Waals surface area contributed by atoms with Crippen LogP contribution in [0.3, 0.4) is 0 Å². The summed E-state index contributed by atoms with van der Waals surface area (Å²) in [6.07, 6.45) is 4.56. The standard InChI is InChI=1S/C14H17N3O/c15-9-10-4-3-5-11(8-10)13(14(16)18)17-12-6-1-2-7-12/h3-5,8,12-13,17H,1-2,6-7H2,(H2,16,18). The highest BCUT2D eigenvalue weighted by Crippen LogP contribution is 2.22. The third-order valence-electron chi connectivity index (χ3n) is 3.39. The first-order valence-electron chi connectivity index (χ1n) is 6.26. The number of benzene rings is 1. The molecule has 0 saturated heterocycles. The third-order valence-corrected chi connectivity index (χ3v) is 3.39. The predicted molar refractivity (Wildman–Crippen MR) is 68.5 cm³/mol. The minimum absolute atomic E-state index is 0.355. The monoisotopic (exact) mass is 243 g/mol. The van der Waals surface area contributed by atoms with Crippen LogP contribution in [0.1, 0.15) is 42.9 Å². The Morgan fingerprint density at radius 3 is 2.78 bits per heavy atom. The van der Waals surface area contributed by atoms with Crippen LogP contribution in [0.5, 0.6) is 0 Å². The van der Waals surface area contributed by atoms with Crippen LogP contribution in [0.15, 0.2) is 24.3 Å². The van der Waals surface area contributed by atoms with Gasteiger partial charge in [-0.1, -0.05) is 25.0 Å². The molecule has 1 aromatic rings. The zero-order valence-corrected chi connectivity index (χ0v) is 10.2. The molecular formula is C14H17N3O. The second-order valence-corrected chi connectivity index (χ2v) is 4.72. The van der Waals surface area contributed by atoms with Gasteiger partial charge < -0.3 is 5.73 Å². The average molecular weight is 243 g/mol. The maximum atomic E-state index is 11.6. The van der Waals surface area contributed by atoms with Gasteiger partial charge in [-0.15, -0.1) is 0 Å². The number of nitrogens with two attached hydrogens (primary N) is 1. The van der Waals surface area contributed by atoms with Crippen molar-refractivity contribution in [2.75, 3.05) is 0 Å². The van der Waals surface area contributed by atoms with E-state index < -0.39 is 11.9 Å². The molecule has 1 amide bonds. The molecule has 4 nitrogen and oxygen atoms in total. The molecule has 3 N–H and O–H groups in total. The van der Waals surface area contributed by atoms with Gasteiger partial charge in [0.25, 0.3) is 0 Å². The van der Waals surface area contributed by atoms with E-state index in [0.717, 1.165) is 18.4 Å². The lowest BCUT2D eigenvalue weighted by molar-refractivity contribution is -0.120. The quantitative estimate of drug-likeness (QED) is 0.843. The van der Waals surface area contributed by atoms with Gasteiger partial charge in [0, 0.05) is 6.04 Å². The fraction of sp³-hybridized carbons (Fsp3) is 0.429. The molecule has 0 aromatic heterocycles. The molecule has 1 saturated carbocycles. The van der Waals surface area contributed by atoms with E-state index in [1.165, 1.54) is 12.8 Å². The molecule has 0 spiro atoms. The molecule has 1 atom stereocenters. The summed E-state index contributed by atoms with van der Waals surface area (Å²) < 4.78 is 0. The Morgan fingerprint density at radius 1 is 1.44 bits per heavy atom. The van der Waals surface area contributed by atoms with Crippen LogP contribution in [0.2, 0.25) is 0 Å². The number of hydrogen-bond donors (Lipinski definition) is 2. The largest absolute Gasteiger partial charge is 0.368 e. The molecule has 1 aromatic carbocycles. The zero-order chi connectivity index (χ0) is 13.0. The topological polar surface area (TPSA) is 78.9 Å². The van der Waals surface area contributed by atoms with Crippen molar-refractivity contribution in [3.8, 4) is 6.07 Å². The molecule has 1 unspecified atom stereocenters. The van der Waals surface area contributed by atoms with Gasteiger partial charge in [-0.2, -0.15) is 5.26 Å². The number of carbonyl (C=O) groups is 1. The Labute approximate surface area is 107 Å². The first-order valence-corrected chi connectivity index (χ1v) is 6.26. The van der Waals surface area contributed by atoms with Gasteiger partial charge in [-0.25, -0.2) is 0 Å². The van der Waals surface area contributed by atoms with Crippen molar-refractivity contribution in [2.45, 2.75) is 37.8 Å². The lowest BCUT2D eigenvalue weighted by Crippen LogP contribution is -2.38. The first kappa shape index (κ1) is 12.6. The van der Waals surface area contributed by atoms with Crippen molar-refractivity contribution in [3.63, 3.8) is 0 Å². The summed E-state index contributed by atoms with van der Waals surface area (Å²) in [4.78, 5) is 11.6. The SMILES string of the molecule is N#Cc1cccc(C(NC2CCCC2)C(N)=O)c1. The number of carbonyl (C=O) groups excluding carboxylic acids is 1. The summed E-state index contributed by atoms with van der Waals surface area (Å²) in [6, 6.07) is 8.98. The lowest BCUT2D eigenvalue weighted by Gasteiger charge is -2.20. The zero-order valence-electron chi connectivity index (χ0n) is 10.2. The van der Waals surface area contributed by atoms with Gasteiger partial charge in [-0.3, -0.25) is 10.1 Å². The molecule has 4 heteroatoms. The molecule has 18 heavy (non-hydrogen) atoms. The van der Waals surface area contributed by atoms with Crippen molar-refractivity contribution in [3.05, 3.63) is 35.4 Å². The number of rotatable bonds is 4. The number of nitrogens with zero attached hydrogens (tertiary/aromatic N) is 1. The smallest absolute Gasteiger partial charge is 0.239 e. The van der Waals surface area contributed by atoms with Gasteiger partial charge in [-0.05, 0) is 30.5 Å². The molecule has 1 fully saturated rings. The molecular weight excluding hydrogens is 226 g/mol. The Kier molecular flexibility index (Phi) is 3.96. The number of hydrogen-bond acceptors (Lipinski definition) is 3.